The molecule has 0 aliphatic carbocycles. The first-order valence-corrected chi connectivity index (χ1v) is 10.0. The number of nitrogens with zero attached hydrogens (tertiary/aromatic N) is 5. The lowest BCUT2D eigenvalue weighted by molar-refractivity contribution is 0.0750. The maximum absolute atomic E-state index is 13.2. The number of benzene rings is 1. The maximum atomic E-state index is 13.2. The first-order chi connectivity index (χ1) is 14.1. The Morgan fingerprint density at radius 2 is 1.90 bits per heavy atom. The third-order valence-corrected chi connectivity index (χ3v) is 6.05. The first-order valence-electron chi connectivity index (χ1n) is 9.19. The highest BCUT2D eigenvalue weighted by Gasteiger charge is 2.27. The predicted octanol–water partition coefficient (Wildman–Crippen LogP) is 3.49. The highest BCUT2D eigenvalue weighted by atomic mass is 32.1. The first kappa shape index (κ1) is 19.0. The van der Waals surface area contributed by atoms with Crippen LogP contribution in [0, 0.1) is 24.1 Å². The van der Waals surface area contributed by atoms with Crippen LogP contribution in [0.3, 0.4) is 0 Å². The van der Waals surface area contributed by atoms with Crippen LogP contribution in [0.15, 0.2) is 42.6 Å². The molecular formula is C21H18FN5OS. The van der Waals surface area contributed by atoms with Crippen LogP contribution in [-0.2, 0) is 0 Å². The molecule has 8 heteroatoms. The summed E-state index contributed by atoms with van der Waals surface area (Å²) >= 11 is 1.33. The summed E-state index contributed by atoms with van der Waals surface area (Å²) in [6.07, 6.45) is 1.67. The third-order valence-electron chi connectivity index (χ3n) is 4.86. The summed E-state index contributed by atoms with van der Waals surface area (Å²) in [6.45, 7) is 4.13. The summed E-state index contributed by atoms with van der Waals surface area (Å²) in [5, 5.41) is 9.98. The maximum Gasteiger partial charge on any atom is 0.265 e. The third kappa shape index (κ3) is 3.82. The van der Waals surface area contributed by atoms with Crippen molar-refractivity contribution in [3.05, 3.63) is 64.5 Å². The van der Waals surface area contributed by atoms with Gasteiger partial charge in [0, 0.05) is 37.9 Å². The van der Waals surface area contributed by atoms with Gasteiger partial charge in [0.2, 0.25) is 0 Å². The number of carbonyl (C=O) groups is 1. The molecule has 2 aromatic heterocycles. The number of pyridine rings is 1. The standard InChI is InChI=1S/C21H18FN5OS/c1-14-18(29-20(25-14)15-4-6-17(22)7-5-15)21(28)27-11-9-26(10-12-27)19-16(13-23)3-2-8-24-19/h2-8H,9-12H2,1H3. The summed E-state index contributed by atoms with van der Waals surface area (Å²) in [6, 6.07) is 11.8. The zero-order valence-corrected chi connectivity index (χ0v) is 16.6. The van der Waals surface area contributed by atoms with Crippen molar-refractivity contribution < 1.29 is 9.18 Å². The van der Waals surface area contributed by atoms with Crippen molar-refractivity contribution in [3.63, 3.8) is 0 Å². The van der Waals surface area contributed by atoms with Crippen LogP contribution in [0.5, 0.6) is 0 Å². The van der Waals surface area contributed by atoms with Crippen molar-refractivity contribution in [3.8, 4) is 16.6 Å². The van der Waals surface area contributed by atoms with Crippen molar-refractivity contribution >= 4 is 23.1 Å². The van der Waals surface area contributed by atoms with E-state index in [0.717, 1.165) is 5.56 Å². The van der Waals surface area contributed by atoms with E-state index in [1.807, 2.05) is 11.8 Å². The number of aryl methyl sites for hydroxylation is 1. The van der Waals surface area contributed by atoms with Gasteiger partial charge in [0.1, 0.15) is 27.6 Å². The molecule has 1 aliphatic heterocycles. The van der Waals surface area contributed by atoms with Crippen LogP contribution < -0.4 is 4.90 Å². The summed E-state index contributed by atoms with van der Waals surface area (Å²) < 4.78 is 13.2. The molecular weight excluding hydrogens is 389 g/mol. The van der Waals surface area contributed by atoms with Gasteiger partial charge in [-0.15, -0.1) is 11.3 Å². The van der Waals surface area contributed by atoms with Gasteiger partial charge in [-0.25, -0.2) is 14.4 Å². The molecule has 29 heavy (non-hydrogen) atoms. The molecule has 3 aromatic rings. The Bertz CT molecular complexity index is 1080. The van der Waals surface area contributed by atoms with Gasteiger partial charge in [0.25, 0.3) is 5.91 Å². The molecule has 0 saturated carbocycles. The van der Waals surface area contributed by atoms with Gasteiger partial charge >= 0.3 is 0 Å². The summed E-state index contributed by atoms with van der Waals surface area (Å²) in [5.74, 6) is 0.313. The van der Waals surface area contributed by atoms with Crippen LogP contribution in [0.25, 0.3) is 10.6 Å². The van der Waals surface area contributed by atoms with Crippen molar-refractivity contribution in [1.29, 1.82) is 5.26 Å². The minimum absolute atomic E-state index is 0.0467. The number of aromatic nitrogens is 2. The minimum atomic E-state index is -0.302. The molecule has 0 radical (unpaired) electrons. The van der Waals surface area contributed by atoms with Gasteiger partial charge in [0.15, 0.2) is 0 Å². The molecule has 0 N–H and O–H groups in total. The van der Waals surface area contributed by atoms with E-state index in [0.29, 0.717) is 53.1 Å². The minimum Gasteiger partial charge on any atom is -0.352 e. The molecule has 6 nitrogen and oxygen atoms in total. The number of nitriles is 1. The van der Waals surface area contributed by atoms with E-state index < -0.39 is 0 Å². The monoisotopic (exact) mass is 407 g/mol. The highest BCUT2D eigenvalue weighted by Crippen LogP contribution is 2.29. The summed E-state index contributed by atoms with van der Waals surface area (Å²) in [5.41, 5.74) is 2.01. The van der Waals surface area contributed by atoms with Crippen LogP contribution in [0.4, 0.5) is 10.2 Å². The number of hydrogen-bond acceptors (Lipinski definition) is 6. The van der Waals surface area contributed by atoms with Crippen LogP contribution >= 0.6 is 11.3 Å². The summed E-state index contributed by atoms with van der Waals surface area (Å²) in [4.78, 5) is 26.3. The van der Waals surface area contributed by atoms with E-state index >= 15 is 0 Å². The molecule has 1 aliphatic rings. The zero-order chi connectivity index (χ0) is 20.4. The van der Waals surface area contributed by atoms with Crippen molar-refractivity contribution in [1.82, 2.24) is 14.9 Å². The van der Waals surface area contributed by atoms with E-state index in [1.54, 1.807) is 35.4 Å². The van der Waals surface area contributed by atoms with Gasteiger partial charge in [-0.3, -0.25) is 4.79 Å². The van der Waals surface area contributed by atoms with E-state index in [1.165, 1.54) is 23.5 Å². The number of thiazole rings is 1. The number of amides is 1. The molecule has 0 atom stereocenters. The lowest BCUT2D eigenvalue weighted by Gasteiger charge is -2.35. The van der Waals surface area contributed by atoms with Crippen LogP contribution in [0.1, 0.15) is 20.9 Å². The molecule has 1 amide bonds. The number of piperazine rings is 1. The second kappa shape index (κ2) is 7.97. The number of rotatable bonds is 3. The smallest absolute Gasteiger partial charge is 0.265 e. The van der Waals surface area contributed by atoms with Gasteiger partial charge in [-0.05, 0) is 43.3 Å². The topological polar surface area (TPSA) is 73.1 Å². The SMILES string of the molecule is Cc1nc(-c2ccc(F)cc2)sc1C(=O)N1CCN(c2ncccc2C#N)CC1. The number of anilines is 1. The Morgan fingerprint density at radius 3 is 2.59 bits per heavy atom. The van der Waals surface area contributed by atoms with Gasteiger partial charge in [-0.1, -0.05) is 0 Å². The lowest BCUT2D eigenvalue weighted by atomic mass is 10.2. The predicted molar refractivity (Wildman–Crippen MR) is 109 cm³/mol. The Balaban J connectivity index is 1.48. The lowest BCUT2D eigenvalue weighted by Crippen LogP contribution is -2.49. The largest absolute Gasteiger partial charge is 0.352 e. The molecule has 0 unspecified atom stereocenters. The zero-order valence-electron chi connectivity index (χ0n) is 15.8. The number of halogens is 1. The molecule has 1 saturated heterocycles. The van der Waals surface area contributed by atoms with Crippen LogP contribution in [0.2, 0.25) is 0 Å². The summed E-state index contributed by atoms with van der Waals surface area (Å²) in [7, 11) is 0. The van der Waals surface area contributed by atoms with Gasteiger partial charge in [0.05, 0.1) is 11.3 Å². The quantitative estimate of drug-likeness (QED) is 0.665. The van der Waals surface area contributed by atoms with E-state index in [2.05, 4.69) is 16.0 Å². The van der Waals surface area contributed by atoms with Gasteiger partial charge < -0.3 is 9.80 Å². The second-order valence-electron chi connectivity index (χ2n) is 6.71. The average molecular weight is 407 g/mol. The average Bonchev–Trinajstić information content (AvgIpc) is 3.15. The highest BCUT2D eigenvalue weighted by molar-refractivity contribution is 7.17. The molecule has 4 rings (SSSR count). The number of hydrogen-bond donors (Lipinski definition) is 0. The normalized spacial score (nSPS) is 14.0. The van der Waals surface area contributed by atoms with E-state index in [9.17, 15) is 14.4 Å². The molecule has 1 aromatic carbocycles. The van der Waals surface area contributed by atoms with Crippen molar-refractivity contribution in [2.45, 2.75) is 6.92 Å². The van der Waals surface area contributed by atoms with E-state index in [-0.39, 0.29) is 11.7 Å². The Morgan fingerprint density at radius 1 is 1.17 bits per heavy atom. The fourth-order valence-corrected chi connectivity index (χ4v) is 4.35. The van der Waals surface area contributed by atoms with Crippen LogP contribution in [-0.4, -0.2) is 47.0 Å². The molecule has 1 fully saturated rings. The Hall–Kier alpha value is -3.31. The molecule has 0 bridgehead atoms. The number of carbonyl (C=O) groups excluding carboxylic acids is 1. The Labute approximate surface area is 171 Å². The second-order valence-corrected chi connectivity index (χ2v) is 7.71. The molecule has 146 valence electrons. The van der Waals surface area contributed by atoms with Crippen molar-refractivity contribution in [2.75, 3.05) is 31.1 Å². The van der Waals surface area contributed by atoms with Gasteiger partial charge in [-0.2, -0.15) is 5.26 Å². The van der Waals surface area contributed by atoms with Crippen molar-refractivity contribution in [2.24, 2.45) is 0 Å². The van der Waals surface area contributed by atoms with E-state index in [4.69, 9.17) is 0 Å². The fraction of sp³-hybridized carbons (Fsp3) is 0.238. The molecule has 3 heterocycles. The molecule has 0 spiro atoms. The Kier molecular flexibility index (Phi) is 5.23. The fourth-order valence-electron chi connectivity index (χ4n) is 3.31.